The predicted molar refractivity (Wildman–Crippen MR) is 58.5 cm³/mol. The number of rotatable bonds is 1. The van der Waals surface area contributed by atoms with Crippen LogP contribution in [0.5, 0.6) is 0 Å². The molecule has 20 heavy (non-hydrogen) atoms. The smallest absolute Gasteiger partial charge is 0.243 e. The van der Waals surface area contributed by atoms with Crippen molar-refractivity contribution in [3.8, 4) is 11.3 Å². The van der Waals surface area contributed by atoms with Crippen LogP contribution in [-0.4, -0.2) is 4.98 Å². The molecule has 0 aliphatic heterocycles. The zero-order valence-electron chi connectivity index (χ0n) is 9.68. The van der Waals surface area contributed by atoms with E-state index >= 15 is 0 Å². The molecule has 0 aliphatic carbocycles. The van der Waals surface area contributed by atoms with Gasteiger partial charge in [-0.1, -0.05) is 12.1 Å². The zero-order valence-corrected chi connectivity index (χ0v) is 9.68. The van der Waals surface area contributed by atoms with E-state index in [9.17, 15) is 26.3 Å². The fourth-order valence-corrected chi connectivity index (χ4v) is 1.53. The topological polar surface area (TPSA) is 12.9 Å². The molecule has 1 aromatic heterocycles. The Balaban J connectivity index is 2.38. The second-order valence-electron chi connectivity index (χ2n) is 3.90. The third kappa shape index (κ3) is 3.09. The second kappa shape index (κ2) is 4.81. The van der Waals surface area contributed by atoms with E-state index in [2.05, 4.69) is 4.98 Å². The molecule has 0 aliphatic rings. The lowest BCUT2D eigenvalue weighted by Gasteiger charge is -2.09. The molecule has 2 aromatic rings. The van der Waals surface area contributed by atoms with Gasteiger partial charge in [-0.15, -0.1) is 0 Å². The van der Waals surface area contributed by atoms with E-state index in [0.29, 0.717) is 0 Å². The lowest BCUT2D eigenvalue weighted by molar-refractivity contribution is -0.141. The lowest BCUT2D eigenvalue weighted by Crippen LogP contribution is -2.08. The van der Waals surface area contributed by atoms with Crippen LogP contribution in [0.2, 0.25) is 0 Å². The van der Waals surface area contributed by atoms with E-state index in [0.717, 1.165) is 30.3 Å². The van der Waals surface area contributed by atoms with Crippen LogP contribution in [-0.2, 0) is 12.4 Å². The van der Waals surface area contributed by atoms with Crippen molar-refractivity contribution in [3.63, 3.8) is 0 Å². The molecule has 0 saturated heterocycles. The summed E-state index contributed by atoms with van der Waals surface area (Å²) >= 11 is 0. The van der Waals surface area contributed by atoms with E-state index in [1.165, 1.54) is 6.07 Å². The van der Waals surface area contributed by atoms with Gasteiger partial charge in [0.1, 0.15) is 0 Å². The van der Waals surface area contributed by atoms with Gasteiger partial charge in [-0.2, -0.15) is 26.3 Å². The first-order valence-electron chi connectivity index (χ1n) is 5.31. The molecule has 0 amide bonds. The largest absolute Gasteiger partial charge is 0.433 e. The molecule has 0 N–H and O–H groups in total. The minimum atomic E-state index is -4.65. The minimum Gasteiger partial charge on any atom is -0.243 e. The van der Waals surface area contributed by atoms with Crippen molar-refractivity contribution in [1.29, 1.82) is 0 Å². The van der Waals surface area contributed by atoms with E-state index in [1.807, 2.05) is 6.07 Å². The molecule has 2 rings (SSSR count). The molecular weight excluding hydrogens is 284 g/mol. The van der Waals surface area contributed by atoms with Gasteiger partial charge in [0.2, 0.25) is 0 Å². The highest BCUT2D eigenvalue weighted by atomic mass is 19.4. The molecule has 0 bridgehead atoms. The Bertz CT molecular complexity index is 597. The molecule has 1 nitrogen and oxygen atoms in total. The van der Waals surface area contributed by atoms with Gasteiger partial charge in [0.15, 0.2) is 5.69 Å². The van der Waals surface area contributed by atoms with Crippen molar-refractivity contribution in [2.45, 2.75) is 12.4 Å². The maximum Gasteiger partial charge on any atom is 0.433 e. The summed E-state index contributed by atoms with van der Waals surface area (Å²) in [4.78, 5) is 3.34. The number of pyridine rings is 1. The van der Waals surface area contributed by atoms with Gasteiger partial charge in [-0.3, -0.25) is 0 Å². The summed E-state index contributed by atoms with van der Waals surface area (Å²) in [5.41, 5.74) is -1.99. The van der Waals surface area contributed by atoms with Crippen molar-refractivity contribution in [1.82, 2.24) is 4.98 Å². The molecular formula is C13H6F6N. The SMILES string of the molecule is FC(F)(F)c1ccc(-c2cc[c]c(C(F)(F)F)n2)cc1. The molecule has 1 aromatic carbocycles. The molecule has 0 unspecified atom stereocenters. The summed E-state index contributed by atoms with van der Waals surface area (Å²) in [5, 5.41) is 0. The van der Waals surface area contributed by atoms with Gasteiger partial charge >= 0.3 is 12.4 Å². The number of benzene rings is 1. The van der Waals surface area contributed by atoms with Gasteiger partial charge in [-0.05, 0) is 24.3 Å². The van der Waals surface area contributed by atoms with Crippen LogP contribution < -0.4 is 0 Å². The number of aromatic nitrogens is 1. The highest BCUT2D eigenvalue weighted by Crippen LogP contribution is 2.32. The van der Waals surface area contributed by atoms with Crippen LogP contribution >= 0.6 is 0 Å². The second-order valence-corrected chi connectivity index (χ2v) is 3.90. The van der Waals surface area contributed by atoms with Crippen LogP contribution in [0.25, 0.3) is 11.3 Å². The van der Waals surface area contributed by atoms with Gasteiger partial charge in [0.25, 0.3) is 0 Å². The van der Waals surface area contributed by atoms with Crippen molar-refractivity contribution < 1.29 is 26.3 Å². The van der Waals surface area contributed by atoms with Gasteiger partial charge in [-0.25, -0.2) is 4.98 Å². The fraction of sp³-hybridized carbons (Fsp3) is 0.154. The van der Waals surface area contributed by atoms with E-state index in [1.54, 1.807) is 0 Å². The van der Waals surface area contributed by atoms with Crippen molar-refractivity contribution >= 4 is 0 Å². The summed E-state index contributed by atoms with van der Waals surface area (Å²) < 4.78 is 74.5. The Labute approximate surface area is 109 Å². The highest BCUT2D eigenvalue weighted by molar-refractivity contribution is 5.59. The summed E-state index contributed by atoms with van der Waals surface area (Å²) in [5.74, 6) is 0. The maximum atomic E-state index is 12.5. The Morgan fingerprint density at radius 1 is 0.800 bits per heavy atom. The van der Waals surface area contributed by atoms with E-state index in [-0.39, 0.29) is 11.3 Å². The number of hydrogen-bond donors (Lipinski definition) is 0. The Kier molecular flexibility index (Phi) is 3.45. The first-order chi connectivity index (χ1) is 9.18. The van der Waals surface area contributed by atoms with Gasteiger partial charge in [0, 0.05) is 11.6 Å². The molecule has 0 atom stereocenters. The zero-order chi connectivity index (χ0) is 15.0. The van der Waals surface area contributed by atoms with Crippen LogP contribution in [0.1, 0.15) is 11.3 Å². The molecule has 7 heteroatoms. The fourth-order valence-electron chi connectivity index (χ4n) is 1.53. The molecule has 1 radical (unpaired) electrons. The number of hydrogen-bond acceptors (Lipinski definition) is 1. The first-order valence-corrected chi connectivity index (χ1v) is 5.31. The van der Waals surface area contributed by atoms with Crippen molar-refractivity contribution in [2.24, 2.45) is 0 Å². The normalized spacial score (nSPS) is 12.5. The van der Waals surface area contributed by atoms with Crippen molar-refractivity contribution in [3.05, 3.63) is 53.7 Å². The molecule has 0 saturated carbocycles. The van der Waals surface area contributed by atoms with Crippen LogP contribution in [0.4, 0.5) is 26.3 Å². The van der Waals surface area contributed by atoms with E-state index in [4.69, 9.17) is 0 Å². The third-order valence-electron chi connectivity index (χ3n) is 2.47. The third-order valence-corrected chi connectivity index (χ3v) is 2.47. The quantitative estimate of drug-likeness (QED) is 0.700. The monoisotopic (exact) mass is 290 g/mol. The van der Waals surface area contributed by atoms with E-state index < -0.39 is 23.6 Å². The highest BCUT2D eigenvalue weighted by Gasteiger charge is 2.33. The van der Waals surface area contributed by atoms with Gasteiger partial charge < -0.3 is 0 Å². The molecule has 0 spiro atoms. The Morgan fingerprint density at radius 2 is 1.40 bits per heavy atom. The minimum absolute atomic E-state index is 0.0650. The Hall–Kier alpha value is -2.05. The summed E-state index contributed by atoms with van der Waals surface area (Å²) in [6.45, 7) is 0. The number of alkyl halides is 6. The number of nitrogens with zero attached hydrogens (tertiary/aromatic N) is 1. The summed E-state index contributed by atoms with van der Waals surface area (Å²) in [6, 6.07) is 7.95. The van der Waals surface area contributed by atoms with Crippen LogP contribution in [0.15, 0.2) is 36.4 Å². The van der Waals surface area contributed by atoms with Crippen LogP contribution in [0.3, 0.4) is 0 Å². The Morgan fingerprint density at radius 3 is 1.90 bits per heavy atom. The van der Waals surface area contributed by atoms with Gasteiger partial charge in [0.05, 0.1) is 11.3 Å². The summed E-state index contributed by atoms with van der Waals surface area (Å²) in [6.07, 6.45) is -9.14. The average molecular weight is 290 g/mol. The average Bonchev–Trinajstić information content (AvgIpc) is 2.37. The molecule has 105 valence electrons. The lowest BCUT2D eigenvalue weighted by atomic mass is 10.1. The van der Waals surface area contributed by atoms with Crippen molar-refractivity contribution in [2.75, 3.05) is 0 Å². The number of halogens is 6. The standard InChI is InChI=1S/C13H6F6N/c14-12(15,16)9-6-4-8(5-7-9)10-2-1-3-11(20-10)13(17,18)19/h1-2,4-7H. The first kappa shape index (κ1) is 14.4. The predicted octanol–water partition coefficient (Wildman–Crippen LogP) is 4.59. The molecule has 0 fully saturated rings. The van der Waals surface area contributed by atoms with Crippen LogP contribution in [0, 0.1) is 6.07 Å². The summed E-state index contributed by atoms with van der Waals surface area (Å²) in [7, 11) is 0. The maximum absolute atomic E-state index is 12.5. The molecule has 1 heterocycles.